The minimum atomic E-state index is -0.429. The van der Waals surface area contributed by atoms with E-state index in [-0.39, 0.29) is 17.7 Å². The predicted molar refractivity (Wildman–Crippen MR) is 114 cm³/mol. The van der Waals surface area contributed by atoms with Crippen molar-refractivity contribution in [2.75, 3.05) is 13.1 Å². The van der Waals surface area contributed by atoms with Gasteiger partial charge in [0.15, 0.2) is 0 Å². The molecule has 1 unspecified atom stereocenters. The van der Waals surface area contributed by atoms with Crippen LogP contribution >= 0.6 is 0 Å². The van der Waals surface area contributed by atoms with E-state index in [4.69, 9.17) is 4.74 Å². The van der Waals surface area contributed by atoms with Gasteiger partial charge >= 0.3 is 0 Å². The van der Waals surface area contributed by atoms with Gasteiger partial charge in [-0.1, -0.05) is 5.21 Å². The van der Waals surface area contributed by atoms with Crippen molar-refractivity contribution >= 4 is 11.8 Å². The van der Waals surface area contributed by atoms with Gasteiger partial charge in [-0.05, 0) is 45.6 Å². The number of carbonyl (C=O) groups excluding carboxylic acids is 2. The minimum absolute atomic E-state index is 0.0989. The second kappa shape index (κ2) is 8.31. The van der Waals surface area contributed by atoms with Crippen LogP contribution in [0.3, 0.4) is 0 Å². The SMILES string of the molecule is Cc1cc(C)n(CCC(=O)N2CCCC3(C2)Cn2nnc(CNC(=O)C4CC4)c2CO3)n1. The van der Waals surface area contributed by atoms with Gasteiger partial charge in [-0.15, -0.1) is 5.10 Å². The minimum Gasteiger partial charge on any atom is -0.365 e. The van der Waals surface area contributed by atoms with Crippen LogP contribution in [0.1, 0.15) is 54.9 Å². The molecule has 5 rings (SSSR count). The highest BCUT2D eigenvalue weighted by atomic mass is 16.5. The number of hydrogen-bond donors (Lipinski definition) is 1. The molecule has 2 aliphatic heterocycles. The van der Waals surface area contributed by atoms with Crippen LogP contribution in [0.2, 0.25) is 0 Å². The number of nitrogens with zero attached hydrogens (tertiary/aromatic N) is 6. The van der Waals surface area contributed by atoms with Crippen LogP contribution < -0.4 is 5.32 Å². The molecule has 1 saturated carbocycles. The summed E-state index contributed by atoms with van der Waals surface area (Å²) < 4.78 is 10.1. The molecular formula is C22H31N7O3. The standard InChI is InChI=1S/C22H31N7O3/c1-15-10-16(2)28(25-15)9-6-20(30)27-8-3-7-22(13-27)14-29-19(12-32-22)18(24-26-29)11-23-21(31)17-4-5-17/h10,17H,3-9,11-14H2,1-2H3,(H,23,31). The molecule has 1 saturated heterocycles. The average molecular weight is 442 g/mol. The van der Waals surface area contributed by atoms with Crippen LogP contribution in [0.25, 0.3) is 0 Å². The zero-order valence-corrected chi connectivity index (χ0v) is 18.8. The Kier molecular flexibility index (Phi) is 5.48. The van der Waals surface area contributed by atoms with E-state index in [1.807, 2.05) is 34.2 Å². The lowest BCUT2D eigenvalue weighted by Gasteiger charge is -2.44. The van der Waals surface area contributed by atoms with Gasteiger partial charge in [0.2, 0.25) is 11.8 Å². The molecule has 1 aliphatic carbocycles. The first-order valence-electron chi connectivity index (χ1n) is 11.5. The molecule has 10 nitrogen and oxygen atoms in total. The molecule has 2 aromatic rings. The maximum atomic E-state index is 12.9. The predicted octanol–water partition coefficient (Wildman–Crippen LogP) is 1.10. The number of fused-ring (bicyclic) bond motifs is 1. The van der Waals surface area contributed by atoms with Crippen LogP contribution in [-0.2, 0) is 40.6 Å². The Bertz CT molecular complexity index is 1020. The summed E-state index contributed by atoms with van der Waals surface area (Å²) in [5, 5.41) is 16.0. The Morgan fingerprint density at radius 1 is 1.28 bits per heavy atom. The molecule has 32 heavy (non-hydrogen) atoms. The molecule has 2 aromatic heterocycles. The highest BCUT2D eigenvalue weighted by Gasteiger charge is 2.42. The molecule has 2 amide bonds. The number of piperidine rings is 1. The molecular weight excluding hydrogens is 410 g/mol. The van der Waals surface area contributed by atoms with Crippen LogP contribution in [0.5, 0.6) is 0 Å². The van der Waals surface area contributed by atoms with Crippen LogP contribution in [0.15, 0.2) is 6.07 Å². The fourth-order valence-electron chi connectivity index (χ4n) is 4.81. The van der Waals surface area contributed by atoms with E-state index in [1.165, 1.54) is 0 Å². The van der Waals surface area contributed by atoms with Gasteiger partial charge in [0.05, 0.1) is 37.6 Å². The summed E-state index contributed by atoms with van der Waals surface area (Å²) in [6.45, 7) is 7.24. The summed E-state index contributed by atoms with van der Waals surface area (Å²) in [4.78, 5) is 26.8. The topological polar surface area (TPSA) is 107 Å². The second-order valence-corrected chi connectivity index (χ2v) is 9.42. The van der Waals surface area contributed by atoms with E-state index < -0.39 is 5.60 Å². The van der Waals surface area contributed by atoms with Crippen molar-refractivity contribution in [1.29, 1.82) is 0 Å². The van der Waals surface area contributed by atoms with Crippen LogP contribution in [0, 0.1) is 19.8 Å². The molecule has 0 radical (unpaired) electrons. The first-order chi connectivity index (χ1) is 15.4. The lowest BCUT2D eigenvalue weighted by Crippen LogP contribution is -2.55. The summed E-state index contributed by atoms with van der Waals surface area (Å²) in [7, 11) is 0. The van der Waals surface area contributed by atoms with Crippen LogP contribution in [0.4, 0.5) is 0 Å². The number of rotatable bonds is 6. The van der Waals surface area contributed by atoms with E-state index >= 15 is 0 Å². The molecule has 3 aliphatic rings. The summed E-state index contributed by atoms with van der Waals surface area (Å²) >= 11 is 0. The Balaban J connectivity index is 1.19. The zero-order valence-electron chi connectivity index (χ0n) is 18.8. The normalized spacial score (nSPS) is 22.8. The van der Waals surface area contributed by atoms with E-state index in [2.05, 4.69) is 20.7 Å². The van der Waals surface area contributed by atoms with Crippen molar-refractivity contribution in [2.24, 2.45) is 5.92 Å². The number of amides is 2. The third-order valence-corrected chi connectivity index (χ3v) is 6.78. The van der Waals surface area contributed by atoms with E-state index in [0.29, 0.717) is 39.2 Å². The van der Waals surface area contributed by atoms with Gasteiger partial charge in [-0.3, -0.25) is 14.3 Å². The maximum absolute atomic E-state index is 12.9. The summed E-state index contributed by atoms with van der Waals surface area (Å²) in [6.07, 6.45) is 4.18. The Morgan fingerprint density at radius 2 is 2.12 bits per heavy atom. The lowest BCUT2D eigenvalue weighted by atomic mass is 9.91. The fourth-order valence-corrected chi connectivity index (χ4v) is 4.81. The third kappa shape index (κ3) is 4.28. The number of carbonyl (C=O) groups is 2. The number of likely N-dealkylation sites (tertiary alicyclic amines) is 1. The Hall–Kier alpha value is -2.75. The highest BCUT2D eigenvalue weighted by molar-refractivity contribution is 5.80. The third-order valence-electron chi connectivity index (χ3n) is 6.78. The monoisotopic (exact) mass is 441 g/mol. The lowest BCUT2D eigenvalue weighted by molar-refractivity contribution is -0.153. The highest BCUT2D eigenvalue weighted by Crippen LogP contribution is 2.33. The number of ether oxygens (including phenoxy) is 1. The summed E-state index contributed by atoms with van der Waals surface area (Å²) in [5.74, 6) is 0.405. The molecule has 0 bridgehead atoms. The molecule has 4 heterocycles. The van der Waals surface area contributed by atoms with E-state index in [9.17, 15) is 9.59 Å². The quantitative estimate of drug-likeness (QED) is 0.719. The molecule has 2 fully saturated rings. The van der Waals surface area contributed by atoms with E-state index in [0.717, 1.165) is 55.0 Å². The van der Waals surface area contributed by atoms with Gasteiger partial charge in [-0.2, -0.15) is 5.10 Å². The number of nitrogens with one attached hydrogen (secondary N) is 1. The maximum Gasteiger partial charge on any atom is 0.224 e. The van der Waals surface area contributed by atoms with Crippen molar-refractivity contribution in [2.45, 2.75) is 77.8 Å². The molecule has 0 aromatic carbocycles. The molecule has 1 spiro atoms. The summed E-state index contributed by atoms with van der Waals surface area (Å²) in [6, 6.07) is 2.03. The fraction of sp³-hybridized carbons (Fsp3) is 0.682. The largest absolute Gasteiger partial charge is 0.365 e. The van der Waals surface area contributed by atoms with E-state index in [1.54, 1.807) is 0 Å². The van der Waals surface area contributed by atoms with Crippen molar-refractivity contribution in [3.8, 4) is 0 Å². The number of hydrogen-bond acceptors (Lipinski definition) is 6. The van der Waals surface area contributed by atoms with Gasteiger partial charge < -0.3 is 15.0 Å². The first kappa shape index (κ1) is 21.1. The summed E-state index contributed by atoms with van der Waals surface area (Å²) in [5.41, 5.74) is 3.30. The van der Waals surface area contributed by atoms with Crippen LogP contribution in [-0.4, -0.2) is 60.2 Å². The van der Waals surface area contributed by atoms with Gasteiger partial charge in [0, 0.05) is 31.1 Å². The smallest absolute Gasteiger partial charge is 0.224 e. The molecule has 172 valence electrons. The Morgan fingerprint density at radius 3 is 2.88 bits per heavy atom. The van der Waals surface area contributed by atoms with Crippen molar-refractivity contribution < 1.29 is 14.3 Å². The van der Waals surface area contributed by atoms with Gasteiger partial charge in [0.1, 0.15) is 11.3 Å². The van der Waals surface area contributed by atoms with Crippen molar-refractivity contribution in [3.63, 3.8) is 0 Å². The average Bonchev–Trinajstić information content (AvgIpc) is 3.48. The Labute approximate surface area is 187 Å². The van der Waals surface area contributed by atoms with Crippen molar-refractivity contribution in [3.05, 3.63) is 28.8 Å². The van der Waals surface area contributed by atoms with Gasteiger partial charge in [-0.25, -0.2) is 4.68 Å². The first-order valence-corrected chi connectivity index (χ1v) is 11.5. The molecule has 10 heteroatoms. The van der Waals surface area contributed by atoms with Crippen molar-refractivity contribution in [1.82, 2.24) is 35.0 Å². The second-order valence-electron chi connectivity index (χ2n) is 9.42. The molecule has 1 atom stereocenters. The molecule has 1 N–H and O–H groups in total. The number of aryl methyl sites for hydroxylation is 3. The zero-order chi connectivity index (χ0) is 22.3. The number of aromatic nitrogens is 5. The van der Waals surface area contributed by atoms with Gasteiger partial charge in [0.25, 0.3) is 0 Å².